The van der Waals surface area contributed by atoms with Gasteiger partial charge in [-0.2, -0.15) is 0 Å². The minimum atomic E-state index is -0.194. The fourth-order valence-corrected chi connectivity index (χ4v) is 1.48. The van der Waals surface area contributed by atoms with Crippen LogP contribution >= 0.6 is 0 Å². The molecule has 1 aromatic rings. The van der Waals surface area contributed by atoms with Gasteiger partial charge in [-0.15, -0.1) is 0 Å². The van der Waals surface area contributed by atoms with Crippen LogP contribution in [0, 0.1) is 6.92 Å². The summed E-state index contributed by atoms with van der Waals surface area (Å²) in [6, 6.07) is -0.211. The van der Waals surface area contributed by atoms with Crippen LogP contribution in [0.2, 0.25) is 0 Å². The quantitative estimate of drug-likeness (QED) is 0.668. The molecule has 0 radical (unpaired) electrons. The molecule has 0 aromatic carbocycles. The molecule has 1 aromatic heterocycles. The molecule has 1 fully saturated rings. The van der Waals surface area contributed by atoms with E-state index in [9.17, 15) is 4.79 Å². The molecule has 76 valence electrons. The van der Waals surface area contributed by atoms with Gasteiger partial charge in [-0.25, -0.2) is 4.98 Å². The first-order chi connectivity index (χ1) is 6.66. The number of hydrogen-bond donors (Lipinski definition) is 2. The highest BCUT2D eigenvalue weighted by atomic mass is 16.3. The van der Waals surface area contributed by atoms with E-state index in [0.29, 0.717) is 12.4 Å². The van der Waals surface area contributed by atoms with Crippen molar-refractivity contribution in [3.05, 3.63) is 17.8 Å². The van der Waals surface area contributed by atoms with Crippen LogP contribution in [0.15, 0.2) is 10.7 Å². The second-order valence-electron chi connectivity index (χ2n) is 3.51. The third-order valence-electron chi connectivity index (χ3n) is 2.26. The normalized spacial score (nSPS) is 27.4. The highest BCUT2D eigenvalue weighted by molar-refractivity contribution is 5.82. The predicted octanol–water partition coefficient (Wildman–Crippen LogP) is 0.132. The van der Waals surface area contributed by atoms with Gasteiger partial charge in [0, 0.05) is 6.54 Å². The van der Waals surface area contributed by atoms with Crippen molar-refractivity contribution in [2.75, 3.05) is 6.54 Å². The SMILES string of the molecule is Cc1coc(C2CNC(=O)C(C)N2)n1. The molecular weight excluding hydrogens is 182 g/mol. The standard InChI is InChI=1S/C9H13N3O2/c1-5-4-14-9(11-5)7-3-10-8(13)6(2)12-7/h4,6-7,12H,3H2,1-2H3,(H,10,13). The van der Waals surface area contributed by atoms with Gasteiger partial charge in [0.15, 0.2) is 0 Å². The number of amides is 1. The van der Waals surface area contributed by atoms with Crippen molar-refractivity contribution in [2.24, 2.45) is 0 Å². The molecule has 0 spiro atoms. The molecule has 2 heterocycles. The molecule has 1 aliphatic heterocycles. The third-order valence-corrected chi connectivity index (χ3v) is 2.26. The Morgan fingerprint density at radius 1 is 1.64 bits per heavy atom. The molecule has 2 atom stereocenters. The number of nitrogens with zero attached hydrogens (tertiary/aromatic N) is 1. The summed E-state index contributed by atoms with van der Waals surface area (Å²) in [7, 11) is 0. The molecule has 5 nitrogen and oxygen atoms in total. The van der Waals surface area contributed by atoms with Crippen molar-refractivity contribution in [3.63, 3.8) is 0 Å². The second-order valence-corrected chi connectivity index (χ2v) is 3.51. The van der Waals surface area contributed by atoms with E-state index in [1.807, 2.05) is 13.8 Å². The summed E-state index contributed by atoms with van der Waals surface area (Å²) in [5, 5.41) is 5.92. The lowest BCUT2D eigenvalue weighted by atomic mass is 10.1. The van der Waals surface area contributed by atoms with Gasteiger partial charge >= 0.3 is 0 Å². The van der Waals surface area contributed by atoms with Crippen LogP contribution in [-0.4, -0.2) is 23.5 Å². The Morgan fingerprint density at radius 3 is 3.00 bits per heavy atom. The van der Waals surface area contributed by atoms with Crippen LogP contribution in [0.25, 0.3) is 0 Å². The van der Waals surface area contributed by atoms with Gasteiger partial charge in [-0.1, -0.05) is 0 Å². The molecule has 5 heteroatoms. The summed E-state index contributed by atoms with van der Waals surface area (Å²) in [5.41, 5.74) is 0.853. The fraction of sp³-hybridized carbons (Fsp3) is 0.556. The van der Waals surface area contributed by atoms with Crippen molar-refractivity contribution in [1.82, 2.24) is 15.6 Å². The van der Waals surface area contributed by atoms with Gasteiger partial charge in [0.1, 0.15) is 12.3 Å². The number of carbonyl (C=O) groups is 1. The Labute approximate surface area is 81.9 Å². The first-order valence-electron chi connectivity index (χ1n) is 4.62. The zero-order valence-electron chi connectivity index (χ0n) is 8.20. The first-order valence-corrected chi connectivity index (χ1v) is 4.62. The molecule has 2 rings (SSSR count). The van der Waals surface area contributed by atoms with Crippen LogP contribution in [0.5, 0.6) is 0 Å². The molecule has 0 bridgehead atoms. The van der Waals surface area contributed by atoms with Crippen LogP contribution < -0.4 is 10.6 Å². The summed E-state index contributed by atoms with van der Waals surface area (Å²) in [6.45, 7) is 4.22. The van der Waals surface area contributed by atoms with Crippen LogP contribution in [0.3, 0.4) is 0 Å². The first kappa shape index (κ1) is 9.21. The number of rotatable bonds is 1. The highest BCUT2D eigenvalue weighted by Crippen LogP contribution is 2.14. The summed E-state index contributed by atoms with van der Waals surface area (Å²) in [5.74, 6) is 0.652. The molecule has 0 saturated carbocycles. The number of carbonyl (C=O) groups excluding carboxylic acids is 1. The third kappa shape index (κ3) is 1.63. The topological polar surface area (TPSA) is 67.2 Å². The predicted molar refractivity (Wildman–Crippen MR) is 49.6 cm³/mol. The lowest BCUT2D eigenvalue weighted by Crippen LogP contribution is -2.53. The van der Waals surface area contributed by atoms with E-state index in [1.54, 1.807) is 6.26 Å². The number of oxazole rings is 1. The summed E-state index contributed by atoms with van der Waals surface area (Å²) in [4.78, 5) is 15.4. The van der Waals surface area contributed by atoms with Gasteiger partial charge in [0.2, 0.25) is 11.8 Å². The molecule has 2 N–H and O–H groups in total. The summed E-state index contributed by atoms with van der Waals surface area (Å²) in [6.07, 6.45) is 1.61. The van der Waals surface area contributed by atoms with Crippen molar-refractivity contribution in [2.45, 2.75) is 25.9 Å². The van der Waals surface area contributed by atoms with Gasteiger partial charge in [0.05, 0.1) is 11.7 Å². The molecule has 1 aliphatic rings. The number of nitrogens with one attached hydrogen (secondary N) is 2. The van der Waals surface area contributed by atoms with Crippen molar-refractivity contribution >= 4 is 5.91 Å². The monoisotopic (exact) mass is 195 g/mol. The van der Waals surface area contributed by atoms with E-state index in [2.05, 4.69) is 15.6 Å². The molecular formula is C9H13N3O2. The van der Waals surface area contributed by atoms with E-state index < -0.39 is 0 Å². The zero-order chi connectivity index (χ0) is 10.1. The van der Waals surface area contributed by atoms with Crippen LogP contribution in [0.4, 0.5) is 0 Å². The van der Waals surface area contributed by atoms with E-state index >= 15 is 0 Å². The summed E-state index contributed by atoms with van der Waals surface area (Å²) < 4.78 is 5.26. The second kappa shape index (κ2) is 3.42. The average Bonchev–Trinajstić information content (AvgIpc) is 2.57. The Bertz CT molecular complexity index is 348. The maximum absolute atomic E-state index is 11.2. The molecule has 1 amide bonds. The highest BCUT2D eigenvalue weighted by Gasteiger charge is 2.27. The lowest BCUT2D eigenvalue weighted by Gasteiger charge is -2.26. The lowest BCUT2D eigenvalue weighted by molar-refractivity contribution is -0.124. The van der Waals surface area contributed by atoms with Gasteiger partial charge < -0.3 is 9.73 Å². The van der Waals surface area contributed by atoms with Crippen molar-refractivity contribution < 1.29 is 9.21 Å². The Balaban J connectivity index is 2.10. The molecule has 1 saturated heterocycles. The van der Waals surface area contributed by atoms with Gasteiger partial charge in [0.25, 0.3) is 0 Å². The van der Waals surface area contributed by atoms with Crippen LogP contribution in [-0.2, 0) is 4.79 Å². The zero-order valence-corrected chi connectivity index (χ0v) is 8.20. The number of aryl methyl sites for hydroxylation is 1. The smallest absolute Gasteiger partial charge is 0.236 e. The maximum Gasteiger partial charge on any atom is 0.236 e. The molecule has 0 aliphatic carbocycles. The van der Waals surface area contributed by atoms with Crippen molar-refractivity contribution in [3.8, 4) is 0 Å². The molecule has 2 unspecified atom stereocenters. The van der Waals surface area contributed by atoms with E-state index in [0.717, 1.165) is 5.69 Å². The van der Waals surface area contributed by atoms with E-state index in [4.69, 9.17) is 4.42 Å². The van der Waals surface area contributed by atoms with E-state index in [1.165, 1.54) is 0 Å². The molecule has 14 heavy (non-hydrogen) atoms. The van der Waals surface area contributed by atoms with Gasteiger partial charge in [-0.05, 0) is 13.8 Å². The Morgan fingerprint density at radius 2 is 2.43 bits per heavy atom. The summed E-state index contributed by atoms with van der Waals surface area (Å²) >= 11 is 0. The van der Waals surface area contributed by atoms with Gasteiger partial charge in [-0.3, -0.25) is 10.1 Å². The number of aromatic nitrogens is 1. The number of piperazine rings is 1. The average molecular weight is 195 g/mol. The maximum atomic E-state index is 11.2. The van der Waals surface area contributed by atoms with E-state index in [-0.39, 0.29) is 18.0 Å². The number of hydrogen-bond acceptors (Lipinski definition) is 4. The Hall–Kier alpha value is -1.36. The minimum Gasteiger partial charge on any atom is -0.447 e. The fourth-order valence-electron chi connectivity index (χ4n) is 1.48. The van der Waals surface area contributed by atoms with Crippen LogP contribution in [0.1, 0.15) is 24.6 Å². The van der Waals surface area contributed by atoms with Crippen molar-refractivity contribution in [1.29, 1.82) is 0 Å². The Kier molecular flexibility index (Phi) is 2.25. The largest absolute Gasteiger partial charge is 0.447 e. The minimum absolute atomic E-state index is 0.0172.